The SMILES string of the molecule is CC(C)Cc1ccc(-c2csc(/C(C#N)=C/Nc3ccccc3F)n2)cc1. The predicted molar refractivity (Wildman–Crippen MR) is 110 cm³/mol. The first-order chi connectivity index (χ1) is 13.1. The van der Waals surface area contributed by atoms with Crippen molar-refractivity contribution >= 4 is 22.6 Å². The smallest absolute Gasteiger partial charge is 0.146 e. The molecule has 3 aromatic rings. The Bertz CT molecular complexity index is 981. The normalized spacial score (nSPS) is 11.4. The Labute approximate surface area is 162 Å². The van der Waals surface area contributed by atoms with Crippen LogP contribution >= 0.6 is 11.3 Å². The summed E-state index contributed by atoms with van der Waals surface area (Å²) in [6.07, 6.45) is 2.54. The van der Waals surface area contributed by atoms with Crippen molar-refractivity contribution in [2.75, 3.05) is 5.32 Å². The molecule has 3 nitrogen and oxygen atoms in total. The molecular formula is C22H20FN3S. The highest BCUT2D eigenvalue weighted by Crippen LogP contribution is 2.27. The van der Waals surface area contributed by atoms with Gasteiger partial charge in [-0.1, -0.05) is 50.2 Å². The van der Waals surface area contributed by atoms with E-state index in [1.165, 1.54) is 29.2 Å². The van der Waals surface area contributed by atoms with Crippen LogP contribution in [0.2, 0.25) is 0 Å². The molecule has 0 aliphatic heterocycles. The lowest BCUT2D eigenvalue weighted by atomic mass is 10.0. The highest BCUT2D eigenvalue weighted by Gasteiger charge is 2.10. The highest BCUT2D eigenvalue weighted by atomic mass is 32.1. The maximum Gasteiger partial charge on any atom is 0.146 e. The molecule has 0 saturated carbocycles. The third-order valence-electron chi connectivity index (χ3n) is 3.99. The van der Waals surface area contributed by atoms with Gasteiger partial charge in [0.15, 0.2) is 0 Å². The van der Waals surface area contributed by atoms with E-state index in [1.54, 1.807) is 18.2 Å². The first-order valence-corrected chi connectivity index (χ1v) is 9.61. The third-order valence-corrected chi connectivity index (χ3v) is 4.87. The summed E-state index contributed by atoms with van der Waals surface area (Å²) in [5.41, 5.74) is 3.84. The van der Waals surface area contributed by atoms with E-state index in [9.17, 15) is 9.65 Å². The summed E-state index contributed by atoms with van der Waals surface area (Å²) < 4.78 is 13.7. The van der Waals surface area contributed by atoms with E-state index in [0.29, 0.717) is 22.2 Å². The number of anilines is 1. The van der Waals surface area contributed by atoms with Crippen LogP contribution in [0.1, 0.15) is 24.4 Å². The first-order valence-electron chi connectivity index (χ1n) is 8.73. The second-order valence-corrected chi connectivity index (χ2v) is 7.48. The van der Waals surface area contributed by atoms with Gasteiger partial charge < -0.3 is 5.32 Å². The molecule has 0 saturated heterocycles. The van der Waals surface area contributed by atoms with Crippen molar-refractivity contribution in [2.45, 2.75) is 20.3 Å². The zero-order valence-electron chi connectivity index (χ0n) is 15.2. The lowest BCUT2D eigenvalue weighted by Crippen LogP contribution is -1.94. The number of hydrogen-bond donors (Lipinski definition) is 1. The summed E-state index contributed by atoms with van der Waals surface area (Å²) in [5.74, 6) is 0.249. The minimum Gasteiger partial charge on any atom is -0.358 e. The maximum atomic E-state index is 13.7. The molecule has 136 valence electrons. The predicted octanol–water partition coefficient (Wildman–Crippen LogP) is 6.12. The van der Waals surface area contributed by atoms with Crippen molar-refractivity contribution < 1.29 is 4.39 Å². The monoisotopic (exact) mass is 377 g/mol. The van der Waals surface area contributed by atoms with Crippen molar-refractivity contribution in [3.63, 3.8) is 0 Å². The fourth-order valence-corrected chi connectivity index (χ4v) is 3.48. The van der Waals surface area contributed by atoms with Crippen LogP contribution in [0, 0.1) is 23.1 Å². The molecule has 0 spiro atoms. The number of nitrogens with one attached hydrogen (secondary N) is 1. The van der Waals surface area contributed by atoms with Gasteiger partial charge in [-0.25, -0.2) is 9.37 Å². The summed E-state index contributed by atoms with van der Waals surface area (Å²) in [4.78, 5) is 4.57. The van der Waals surface area contributed by atoms with E-state index in [2.05, 4.69) is 54.5 Å². The number of benzene rings is 2. The molecule has 0 aliphatic rings. The Balaban J connectivity index is 1.78. The van der Waals surface area contributed by atoms with Crippen LogP contribution in [-0.4, -0.2) is 4.98 Å². The van der Waals surface area contributed by atoms with Crippen LogP contribution in [0.25, 0.3) is 16.8 Å². The number of para-hydroxylation sites is 1. The summed E-state index contributed by atoms with van der Waals surface area (Å²) in [6, 6.07) is 16.8. The van der Waals surface area contributed by atoms with Gasteiger partial charge in [0, 0.05) is 17.1 Å². The molecule has 27 heavy (non-hydrogen) atoms. The van der Waals surface area contributed by atoms with Gasteiger partial charge in [0.2, 0.25) is 0 Å². The molecule has 1 N–H and O–H groups in total. The minimum absolute atomic E-state index is 0.322. The molecule has 0 radical (unpaired) electrons. The molecule has 0 unspecified atom stereocenters. The Morgan fingerprint density at radius 3 is 2.63 bits per heavy atom. The molecule has 0 bridgehead atoms. The average Bonchev–Trinajstić information content (AvgIpc) is 3.14. The van der Waals surface area contributed by atoms with Gasteiger partial charge >= 0.3 is 0 Å². The molecule has 0 aliphatic carbocycles. The number of thiazole rings is 1. The fraction of sp³-hybridized carbons (Fsp3) is 0.182. The summed E-state index contributed by atoms with van der Waals surface area (Å²) in [6.45, 7) is 4.40. The Morgan fingerprint density at radius 1 is 1.22 bits per heavy atom. The summed E-state index contributed by atoms with van der Waals surface area (Å²) in [5, 5.41) is 14.8. The Morgan fingerprint density at radius 2 is 1.96 bits per heavy atom. The first kappa shape index (κ1) is 18.8. The van der Waals surface area contributed by atoms with E-state index in [4.69, 9.17) is 0 Å². The van der Waals surface area contributed by atoms with Gasteiger partial charge in [0.1, 0.15) is 22.5 Å². The van der Waals surface area contributed by atoms with E-state index >= 15 is 0 Å². The second-order valence-electron chi connectivity index (χ2n) is 6.63. The van der Waals surface area contributed by atoms with Crippen molar-refractivity contribution in [1.82, 2.24) is 4.98 Å². The zero-order valence-corrected chi connectivity index (χ0v) is 16.1. The second kappa shape index (κ2) is 8.61. The van der Waals surface area contributed by atoms with E-state index < -0.39 is 0 Å². The fourth-order valence-electron chi connectivity index (χ4n) is 2.68. The molecule has 0 atom stereocenters. The topological polar surface area (TPSA) is 48.7 Å². The molecular weight excluding hydrogens is 357 g/mol. The summed E-state index contributed by atoms with van der Waals surface area (Å²) >= 11 is 1.40. The number of allylic oxidation sites excluding steroid dienone is 1. The molecule has 0 amide bonds. The highest BCUT2D eigenvalue weighted by molar-refractivity contribution is 7.11. The number of rotatable bonds is 6. The van der Waals surface area contributed by atoms with Crippen LogP contribution < -0.4 is 5.32 Å². The maximum absolute atomic E-state index is 13.7. The van der Waals surface area contributed by atoms with Crippen molar-refractivity contribution in [2.24, 2.45) is 5.92 Å². The van der Waals surface area contributed by atoms with Gasteiger partial charge in [0.05, 0.1) is 11.4 Å². The number of nitriles is 1. The van der Waals surface area contributed by atoms with Crippen LogP contribution in [0.15, 0.2) is 60.1 Å². The zero-order chi connectivity index (χ0) is 19.2. The number of hydrogen-bond acceptors (Lipinski definition) is 4. The minimum atomic E-state index is -0.368. The van der Waals surface area contributed by atoms with Crippen molar-refractivity contribution in [3.05, 3.63) is 76.5 Å². The average molecular weight is 377 g/mol. The Hall–Kier alpha value is -2.97. The number of nitrogens with zero attached hydrogens (tertiary/aromatic N) is 2. The quantitative estimate of drug-likeness (QED) is 0.526. The third kappa shape index (κ3) is 4.81. The van der Waals surface area contributed by atoms with Crippen LogP contribution in [0.5, 0.6) is 0 Å². The molecule has 5 heteroatoms. The summed E-state index contributed by atoms with van der Waals surface area (Å²) in [7, 11) is 0. The van der Waals surface area contributed by atoms with Crippen molar-refractivity contribution in [3.8, 4) is 17.3 Å². The largest absolute Gasteiger partial charge is 0.358 e. The van der Waals surface area contributed by atoms with Gasteiger partial charge in [-0.15, -0.1) is 11.3 Å². The number of halogens is 1. The van der Waals surface area contributed by atoms with Crippen LogP contribution in [-0.2, 0) is 6.42 Å². The molecule has 2 aromatic carbocycles. The lowest BCUT2D eigenvalue weighted by Gasteiger charge is -2.05. The van der Waals surface area contributed by atoms with Gasteiger partial charge in [-0.3, -0.25) is 0 Å². The van der Waals surface area contributed by atoms with Crippen molar-refractivity contribution in [1.29, 1.82) is 5.26 Å². The van der Waals surface area contributed by atoms with E-state index in [1.807, 2.05) is 5.38 Å². The molecule has 1 aromatic heterocycles. The van der Waals surface area contributed by atoms with Gasteiger partial charge in [0.25, 0.3) is 0 Å². The lowest BCUT2D eigenvalue weighted by molar-refractivity contribution is 0.632. The van der Waals surface area contributed by atoms with E-state index in [-0.39, 0.29) is 5.82 Å². The van der Waals surface area contributed by atoms with E-state index in [0.717, 1.165) is 17.7 Å². The molecule has 3 rings (SSSR count). The molecule has 0 fully saturated rings. The van der Waals surface area contributed by atoms with Crippen LogP contribution in [0.3, 0.4) is 0 Å². The molecule has 1 heterocycles. The Kier molecular flexibility index (Phi) is 6.00. The van der Waals surface area contributed by atoms with Gasteiger partial charge in [-0.2, -0.15) is 5.26 Å². The standard InChI is InChI=1S/C22H20FN3S/c1-15(2)11-16-7-9-17(10-8-16)21-14-27-22(26-21)18(12-24)13-25-20-6-4-3-5-19(20)23/h3-10,13-15,25H,11H2,1-2H3/b18-13+. The number of aromatic nitrogens is 1. The van der Waals surface area contributed by atoms with Crippen LogP contribution in [0.4, 0.5) is 10.1 Å². The van der Waals surface area contributed by atoms with Gasteiger partial charge in [-0.05, 0) is 30.0 Å².